The van der Waals surface area contributed by atoms with E-state index in [1.165, 1.54) is 30.5 Å². The lowest BCUT2D eigenvalue weighted by molar-refractivity contribution is -0.0462. The van der Waals surface area contributed by atoms with Crippen LogP contribution in [0.2, 0.25) is 0 Å². The van der Waals surface area contributed by atoms with Crippen LogP contribution in [0.5, 0.6) is 0 Å². The van der Waals surface area contributed by atoms with Crippen molar-refractivity contribution in [3.8, 4) is 0 Å². The van der Waals surface area contributed by atoms with E-state index in [0.717, 1.165) is 63.5 Å². The molecule has 2 aliphatic heterocycles. The van der Waals surface area contributed by atoms with Gasteiger partial charge in [0.25, 0.3) is 0 Å². The van der Waals surface area contributed by atoms with Gasteiger partial charge in [-0.25, -0.2) is 9.48 Å². The number of aromatic nitrogens is 2. The zero-order valence-corrected chi connectivity index (χ0v) is 21.8. The van der Waals surface area contributed by atoms with Gasteiger partial charge in [0, 0.05) is 31.3 Å². The first-order chi connectivity index (χ1) is 16.5. The first kappa shape index (κ1) is 25.5. The highest BCUT2D eigenvalue weighted by molar-refractivity contribution is 5.74. The van der Waals surface area contributed by atoms with Gasteiger partial charge in [0.1, 0.15) is 6.23 Å². The van der Waals surface area contributed by atoms with Crippen LogP contribution in [0, 0.1) is 18.8 Å². The number of aryl methyl sites for hydroxylation is 1. The largest absolute Gasteiger partial charge is 0.376 e. The Morgan fingerprint density at radius 2 is 1.97 bits per heavy atom. The van der Waals surface area contributed by atoms with Gasteiger partial charge in [-0.05, 0) is 89.0 Å². The van der Waals surface area contributed by atoms with E-state index in [9.17, 15) is 4.79 Å². The maximum Gasteiger partial charge on any atom is 0.317 e. The molecule has 7 heteroatoms. The summed E-state index contributed by atoms with van der Waals surface area (Å²) in [5.41, 5.74) is 2.43. The van der Waals surface area contributed by atoms with Crippen LogP contribution < -0.4 is 5.32 Å². The molecule has 1 aliphatic carbocycles. The molecule has 7 nitrogen and oxygen atoms in total. The van der Waals surface area contributed by atoms with Crippen LogP contribution in [-0.2, 0) is 9.47 Å². The predicted molar refractivity (Wildman–Crippen MR) is 134 cm³/mol. The number of nitrogens with one attached hydrogen (secondary N) is 1. The van der Waals surface area contributed by atoms with Crippen LogP contribution in [0.15, 0.2) is 6.20 Å². The molecule has 1 aromatic rings. The third kappa shape index (κ3) is 5.78. The Bertz CT molecular complexity index is 781. The van der Waals surface area contributed by atoms with Crippen LogP contribution in [0.3, 0.4) is 0 Å². The third-order valence-corrected chi connectivity index (χ3v) is 8.34. The van der Waals surface area contributed by atoms with Gasteiger partial charge in [0.15, 0.2) is 0 Å². The summed E-state index contributed by atoms with van der Waals surface area (Å²) in [7, 11) is 0. The average molecular weight is 475 g/mol. The lowest BCUT2D eigenvalue weighted by Gasteiger charge is -2.43. The maximum absolute atomic E-state index is 13.1. The smallest absolute Gasteiger partial charge is 0.317 e. The van der Waals surface area contributed by atoms with Crippen molar-refractivity contribution in [1.82, 2.24) is 20.0 Å². The van der Waals surface area contributed by atoms with Crippen molar-refractivity contribution in [3.05, 3.63) is 17.5 Å². The molecule has 4 rings (SSSR count). The fourth-order valence-electron chi connectivity index (χ4n) is 6.31. The number of rotatable bonds is 7. The first-order valence-corrected chi connectivity index (χ1v) is 13.8. The molecule has 3 heterocycles. The van der Waals surface area contributed by atoms with Crippen molar-refractivity contribution in [2.24, 2.45) is 11.8 Å². The second-order valence-corrected chi connectivity index (χ2v) is 10.9. The van der Waals surface area contributed by atoms with Crippen LogP contribution in [-0.4, -0.2) is 59.2 Å². The van der Waals surface area contributed by atoms with Crippen molar-refractivity contribution >= 4 is 6.03 Å². The molecule has 34 heavy (non-hydrogen) atoms. The molecule has 1 aromatic heterocycles. The molecule has 0 bridgehead atoms. The monoisotopic (exact) mass is 474 g/mol. The Kier molecular flexibility index (Phi) is 8.92. The highest BCUT2D eigenvalue weighted by atomic mass is 16.5. The van der Waals surface area contributed by atoms with E-state index in [4.69, 9.17) is 14.6 Å². The molecule has 3 atom stereocenters. The fraction of sp³-hybridized carbons (Fsp3) is 0.852. The Labute approximate surface area is 205 Å². The van der Waals surface area contributed by atoms with Crippen LogP contribution in [0.4, 0.5) is 4.79 Å². The van der Waals surface area contributed by atoms with Crippen LogP contribution in [0.1, 0.15) is 102 Å². The molecular formula is C27H46N4O3. The Balaban J connectivity index is 1.53. The second-order valence-electron chi connectivity index (χ2n) is 10.9. The molecule has 1 N–H and O–H groups in total. The summed E-state index contributed by atoms with van der Waals surface area (Å²) in [4.78, 5) is 15.1. The molecular weight excluding hydrogens is 428 g/mol. The molecule has 2 amide bonds. The number of piperidine rings is 1. The normalized spacial score (nSPS) is 30.5. The zero-order valence-electron chi connectivity index (χ0n) is 21.8. The summed E-state index contributed by atoms with van der Waals surface area (Å²) >= 11 is 0. The van der Waals surface area contributed by atoms with E-state index in [1.54, 1.807) is 0 Å². The Morgan fingerprint density at radius 3 is 2.65 bits per heavy atom. The number of hydrogen-bond donors (Lipinski definition) is 1. The zero-order chi connectivity index (χ0) is 24.1. The first-order valence-electron chi connectivity index (χ1n) is 13.8. The van der Waals surface area contributed by atoms with Crippen molar-refractivity contribution < 1.29 is 14.3 Å². The van der Waals surface area contributed by atoms with Gasteiger partial charge < -0.3 is 19.7 Å². The van der Waals surface area contributed by atoms with E-state index < -0.39 is 0 Å². The van der Waals surface area contributed by atoms with Gasteiger partial charge >= 0.3 is 6.03 Å². The number of ether oxygens (including phenoxy) is 2. The quantitative estimate of drug-likeness (QED) is 0.574. The predicted octanol–water partition coefficient (Wildman–Crippen LogP) is 5.40. The summed E-state index contributed by atoms with van der Waals surface area (Å²) < 4.78 is 14.8. The molecule has 1 saturated carbocycles. The minimum absolute atomic E-state index is 0.00479. The molecule has 0 radical (unpaired) electrons. The van der Waals surface area contributed by atoms with E-state index >= 15 is 0 Å². The SMILES string of the molecule is CCNC(=O)N1CCCC(c2c(C)cnn2C2CCCCO2)C1COC1CCC(C(C)C)CC1. The van der Waals surface area contributed by atoms with E-state index in [0.29, 0.717) is 19.3 Å². The summed E-state index contributed by atoms with van der Waals surface area (Å²) in [6, 6.07) is 0.0443. The summed E-state index contributed by atoms with van der Waals surface area (Å²) in [6.45, 7) is 11.6. The van der Waals surface area contributed by atoms with Gasteiger partial charge in [-0.1, -0.05) is 13.8 Å². The minimum Gasteiger partial charge on any atom is -0.376 e. The molecule has 192 valence electrons. The number of carbonyl (C=O) groups excluding carboxylic acids is 1. The number of urea groups is 1. The standard InChI is InChI=1S/C27H46N4O3/c1-5-28-27(32)30-15-8-9-23(24(30)18-34-22-13-11-21(12-14-22)19(2)3)26-20(4)17-29-31(26)25-10-6-7-16-33-25/h17,19,21-25H,5-16,18H2,1-4H3,(H,28,32). The van der Waals surface area contributed by atoms with E-state index in [2.05, 4.69) is 30.8 Å². The molecule has 3 aliphatic rings. The maximum atomic E-state index is 13.1. The van der Waals surface area contributed by atoms with Crippen molar-refractivity contribution in [2.75, 3.05) is 26.3 Å². The second kappa shape index (κ2) is 11.9. The van der Waals surface area contributed by atoms with Crippen molar-refractivity contribution in [2.45, 2.75) is 110 Å². The van der Waals surface area contributed by atoms with E-state index in [-0.39, 0.29) is 24.2 Å². The average Bonchev–Trinajstić information content (AvgIpc) is 3.24. The molecule has 3 fully saturated rings. The highest BCUT2D eigenvalue weighted by Gasteiger charge is 2.39. The van der Waals surface area contributed by atoms with Gasteiger partial charge in [-0.2, -0.15) is 5.10 Å². The third-order valence-electron chi connectivity index (χ3n) is 8.34. The fourth-order valence-corrected chi connectivity index (χ4v) is 6.31. The number of carbonyl (C=O) groups is 1. The summed E-state index contributed by atoms with van der Waals surface area (Å²) in [6.07, 6.45) is 12.4. The Morgan fingerprint density at radius 1 is 1.18 bits per heavy atom. The van der Waals surface area contributed by atoms with Crippen LogP contribution >= 0.6 is 0 Å². The topological polar surface area (TPSA) is 68.6 Å². The van der Waals surface area contributed by atoms with Gasteiger partial charge in [-0.15, -0.1) is 0 Å². The summed E-state index contributed by atoms with van der Waals surface area (Å²) in [5, 5.41) is 7.81. The lowest BCUT2D eigenvalue weighted by Crippen LogP contribution is -2.54. The molecule has 0 aromatic carbocycles. The van der Waals surface area contributed by atoms with Crippen molar-refractivity contribution in [1.29, 1.82) is 0 Å². The van der Waals surface area contributed by atoms with E-state index in [1.807, 2.05) is 18.0 Å². The van der Waals surface area contributed by atoms with Gasteiger partial charge in [0.2, 0.25) is 0 Å². The number of amides is 2. The summed E-state index contributed by atoms with van der Waals surface area (Å²) in [5.74, 6) is 1.78. The van der Waals surface area contributed by atoms with Crippen LogP contribution in [0.25, 0.3) is 0 Å². The van der Waals surface area contributed by atoms with Crippen molar-refractivity contribution in [3.63, 3.8) is 0 Å². The lowest BCUT2D eigenvalue weighted by atomic mass is 9.80. The number of nitrogens with zero attached hydrogens (tertiary/aromatic N) is 3. The molecule has 2 saturated heterocycles. The highest BCUT2D eigenvalue weighted by Crippen LogP contribution is 2.38. The minimum atomic E-state index is 0.00479. The van der Waals surface area contributed by atoms with Gasteiger partial charge in [0.05, 0.1) is 24.9 Å². The number of hydrogen-bond acceptors (Lipinski definition) is 4. The molecule has 0 spiro atoms. The number of likely N-dealkylation sites (tertiary alicyclic amines) is 1. The molecule has 3 unspecified atom stereocenters. The Hall–Kier alpha value is -1.60. The van der Waals surface area contributed by atoms with Gasteiger partial charge in [-0.3, -0.25) is 0 Å².